The number of hydrogen-bond donors (Lipinski definition) is 4. The van der Waals surface area contributed by atoms with E-state index < -0.39 is 17.9 Å². The number of halogens is 1. The van der Waals surface area contributed by atoms with Gasteiger partial charge in [-0.1, -0.05) is 22.9 Å². The molecule has 28 heavy (non-hydrogen) atoms. The molecule has 0 unspecified atom stereocenters. The number of hydrogen-bond acceptors (Lipinski definition) is 7. The summed E-state index contributed by atoms with van der Waals surface area (Å²) in [4.78, 5) is 41.3. The van der Waals surface area contributed by atoms with Crippen molar-refractivity contribution in [2.45, 2.75) is 24.9 Å². The summed E-state index contributed by atoms with van der Waals surface area (Å²) in [5, 5.41) is 15.6. The van der Waals surface area contributed by atoms with Crippen molar-refractivity contribution in [1.29, 1.82) is 0 Å². The van der Waals surface area contributed by atoms with Gasteiger partial charge in [0, 0.05) is 10.7 Å². The third-order valence-corrected chi connectivity index (χ3v) is 5.97. The second-order valence-corrected chi connectivity index (χ2v) is 8.02. The van der Waals surface area contributed by atoms with Gasteiger partial charge in [-0.2, -0.15) is 0 Å². The minimum Gasteiger partial charge on any atom is -0.477 e. The van der Waals surface area contributed by atoms with Crippen LogP contribution < -0.4 is 16.4 Å². The SMILES string of the molecule is Nc1nc2ccc(NCC(=O)N[C@@H]3C(=O)N4C(C(=O)O)=C(Cl)CC[C@@H]34)cc2s1. The van der Waals surface area contributed by atoms with Crippen LogP contribution in [0.15, 0.2) is 28.9 Å². The summed E-state index contributed by atoms with van der Waals surface area (Å²) >= 11 is 7.30. The fraction of sp³-hybridized carbons (Fsp3) is 0.294. The zero-order valence-corrected chi connectivity index (χ0v) is 16.0. The van der Waals surface area contributed by atoms with E-state index in [9.17, 15) is 19.5 Å². The second-order valence-electron chi connectivity index (χ2n) is 6.51. The molecule has 2 amide bonds. The molecule has 11 heteroatoms. The highest BCUT2D eigenvalue weighted by Crippen LogP contribution is 2.38. The highest BCUT2D eigenvalue weighted by Gasteiger charge is 2.53. The topological polar surface area (TPSA) is 138 Å². The number of allylic oxidation sites excluding steroid dienone is 1. The Morgan fingerprint density at radius 3 is 2.96 bits per heavy atom. The molecule has 1 fully saturated rings. The molecule has 0 bridgehead atoms. The zero-order chi connectivity index (χ0) is 20.0. The van der Waals surface area contributed by atoms with Crippen molar-refractivity contribution in [3.8, 4) is 0 Å². The number of carbonyl (C=O) groups excluding carboxylic acids is 2. The summed E-state index contributed by atoms with van der Waals surface area (Å²) in [6, 6.07) is 4.32. The number of carboxylic acids is 1. The minimum absolute atomic E-state index is 0.0291. The largest absolute Gasteiger partial charge is 0.477 e. The molecule has 1 aromatic heterocycles. The number of rotatable bonds is 5. The lowest BCUT2D eigenvalue weighted by Crippen LogP contribution is -2.71. The van der Waals surface area contributed by atoms with E-state index >= 15 is 0 Å². The molecule has 2 aromatic rings. The van der Waals surface area contributed by atoms with Crippen molar-refractivity contribution in [3.05, 3.63) is 28.9 Å². The number of aromatic nitrogens is 1. The molecular formula is C17H16ClN5O4S. The van der Waals surface area contributed by atoms with E-state index in [0.29, 0.717) is 18.0 Å². The molecule has 0 spiro atoms. The fourth-order valence-electron chi connectivity index (χ4n) is 3.48. The van der Waals surface area contributed by atoms with Gasteiger partial charge in [-0.15, -0.1) is 0 Å². The molecule has 146 valence electrons. The van der Waals surface area contributed by atoms with Crippen molar-refractivity contribution in [3.63, 3.8) is 0 Å². The summed E-state index contributed by atoms with van der Waals surface area (Å²) in [5.41, 5.74) is 7.01. The van der Waals surface area contributed by atoms with Crippen molar-refractivity contribution in [2.75, 3.05) is 17.6 Å². The van der Waals surface area contributed by atoms with Gasteiger partial charge in [-0.25, -0.2) is 9.78 Å². The molecule has 4 rings (SSSR count). The molecule has 2 aliphatic heterocycles. The van der Waals surface area contributed by atoms with Crippen LogP contribution >= 0.6 is 22.9 Å². The summed E-state index contributed by atoms with van der Waals surface area (Å²) in [6.07, 6.45) is 0.865. The first-order valence-corrected chi connectivity index (χ1v) is 9.69. The quantitative estimate of drug-likeness (QED) is 0.534. The first-order chi connectivity index (χ1) is 13.3. The van der Waals surface area contributed by atoms with E-state index in [1.807, 2.05) is 6.07 Å². The maximum absolute atomic E-state index is 12.3. The van der Waals surface area contributed by atoms with E-state index in [-0.39, 0.29) is 29.2 Å². The number of benzene rings is 1. The monoisotopic (exact) mass is 421 g/mol. The van der Waals surface area contributed by atoms with E-state index in [4.69, 9.17) is 17.3 Å². The lowest BCUT2D eigenvalue weighted by atomic mass is 9.86. The number of carbonyl (C=O) groups is 3. The lowest BCUT2D eigenvalue weighted by Gasteiger charge is -2.49. The number of β-lactam (4-membered cyclic amide) rings is 1. The highest BCUT2D eigenvalue weighted by atomic mass is 35.5. The summed E-state index contributed by atoms with van der Waals surface area (Å²) in [6.45, 7) is -0.0291. The maximum atomic E-state index is 12.3. The Balaban J connectivity index is 1.37. The van der Waals surface area contributed by atoms with Crippen LogP contribution in [0.5, 0.6) is 0 Å². The minimum atomic E-state index is -1.24. The molecule has 0 radical (unpaired) electrons. The molecule has 1 saturated heterocycles. The standard InChI is InChI=1S/C17H16ClN5O4S/c18-8-2-4-10-13(15(25)23(10)14(8)16(26)27)22-12(24)6-20-7-1-3-9-11(5-7)28-17(19)21-9/h1,3,5,10,13,20H,2,4,6H2,(H2,19,21)(H,22,24)(H,26,27)/t10-,13-/m0/s1. The van der Waals surface area contributed by atoms with E-state index in [1.165, 1.54) is 11.3 Å². The van der Waals surface area contributed by atoms with Crippen molar-refractivity contribution >= 4 is 61.8 Å². The van der Waals surface area contributed by atoms with Gasteiger partial charge >= 0.3 is 5.97 Å². The first kappa shape index (κ1) is 18.5. The number of aliphatic carboxylic acids is 1. The van der Waals surface area contributed by atoms with Crippen molar-refractivity contribution in [2.24, 2.45) is 0 Å². The molecule has 0 saturated carbocycles. The van der Waals surface area contributed by atoms with Gasteiger partial charge in [0.2, 0.25) is 5.91 Å². The van der Waals surface area contributed by atoms with Gasteiger partial charge in [0.1, 0.15) is 11.7 Å². The first-order valence-electron chi connectivity index (χ1n) is 8.49. The molecule has 0 aliphatic carbocycles. The molecular weight excluding hydrogens is 406 g/mol. The van der Waals surface area contributed by atoms with Crippen LogP contribution in [0.1, 0.15) is 12.8 Å². The van der Waals surface area contributed by atoms with Crippen LogP contribution in [0.4, 0.5) is 10.8 Å². The van der Waals surface area contributed by atoms with E-state index in [1.54, 1.807) is 12.1 Å². The average Bonchev–Trinajstić information content (AvgIpc) is 3.03. The lowest BCUT2D eigenvalue weighted by molar-refractivity contribution is -0.155. The van der Waals surface area contributed by atoms with E-state index in [2.05, 4.69) is 15.6 Å². The Labute approximate surface area is 168 Å². The van der Waals surface area contributed by atoms with Gasteiger partial charge in [0.05, 0.1) is 22.8 Å². The number of nitrogens with zero attached hydrogens (tertiary/aromatic N) is 2. The number of nitrogens with two attached hydrogens (primary N) is 1. The van der Waals surface area contributed by atoms with Crippen LogP contribution in [0.2, 0.25) is 0 Å². The van der Waals surface area contributed by atoms with Crippen LogP contribution in [0, 0.1) is 0 Å². The summed E-state index contributed by atoms with van der Waals surface area (Å²) in [7, 11) is 0. The number of nitrogen functional groups attached to an aromatic ring is 1. The van der Waals surface area contributed by atoms with Gasteiger partial charge < -0.3 is 21.5 Å². The number of anilines is 2. The predicted molar refractivity (Wildman–Crippen MR) is 105 cm³/mol. The molecule has 3 heterocycles. The van der Waals surface area contributed by atoms with Crippen LogP contribution in [0.25, 0.3) is 10.2 Å². The van der Waals surface area contributed by atoms with Crippen LogP contribution in [0.3, 0.4) is 0 Å². The smallest absolute Gasteiger partial charge is 0.353 e. The Hall–Kier alpha value is -2.85. The number of fused-ring (bicyclic) bond motifs is 2. The van der Waals surface area contributed by atoms with Gasteiger partial charge in [0.15, 0.2) is 5.13 Å². The highest BCUT2D eigenvalue weighted by molar-refractivity contribution is 7.22. The van der Waals surface area contributed by atoms with Crippen molar-refractivity contribution in [1.82, 2.24) is 15.2 Å². The fourth-order valence-corrected chi connectivity index (χ4v) is 4.53. The van der Waals surface area contributed by atoms with Gasteiger partial charge in [0.25, 0.3) is 5.91 Å². The average molecular weight is 422 g/mol. The molecule has 9 nitrogen and oxygen atoms in total. The Morgan fingerprint density at radius 2 is 2.21 bits per heavy atom. The second kappa shape index (κ2) is 6.95. The summed E-state index contributed by atoms with van der Waals surface area (Å²) < 4.78 is 0.903. The normalized spacial score (nSPS) is 21.3. The molecule has 5 N–H and O–H groups in total. The Morgan fingerprint density at radius 1 is 1.43 bits per heavy atom. The van der Waals surface area contributed by atoms with Crippen LogP contribution in [-0.2, 0) is 14.4 Å². The third kappa shape index (κ3) is 3.14. The van der Waals surface area contributed by atoms with Gasteiger partial charge in [-0.05, 0) is 31.0 Å². The molecule has 2 atom stereocenters. The molecule has 2 aliphatic rings. The number of amides is 2. The zero-order valence-electron chi connectivity index (χ0n) is 14.4. The van der Waals surface area contributed by atoms with Crippen LogP contribution in [-0.4, -0.2) is 51.4 Å². The predicted octanol–water partition coefficient (Wildman–Crippen LogP) is 1.31. The van der Waals surface area contributed by atoms with Crippen molar-refractivity contribution < 1.29 is 19.5 Å². The number of nitrogens with one attached hydrogen (secondary N) is 2. The molecule has 1 aromatic carbocycles. The van der Waals surface area contributed by atoms with Gasteiger partial charge in [-0.3, -0.25) is 14.5 Å². The maximum Gasteiger partial charge on any atom is 0.353 e. The summed E-state index contributed by atoms with van der Waals surface area (Å²) in [5.74, 6) is -2.07. The van der Waals surface area contributed by atoms with E-state index in [0.717, 1.165) is 20.8 Å². The Kier molecular flexibility index (Phi) is 4.60. The number of carboxylic acid groups (broad SMARTS) is 1. The third-order valence-electron chi connectivity index (χ3n) is 4.75. The number of thiazole rings is 1. The Bertz CT molecular complexity index is 1040.